The van der Waals surface area contributed by atoms with Gasteiger partial charge in [0.05, 0.1) is 13.2 Å². The number of aromatic nitrogens is 1. The molecule has 9 heteroatoms. The third-order valence-electron chi connectivity index (χ3n) is 6.43. The monoisotopic (exact) mass is 569 g/mol. The largest absolute Gasteiger partial charge is 0.461 e. The lowest BCUT2D eigenvalue weighted by Crippen LogP contribution is -2.31. The molecule has 0 saturated heterocycles. The van der Waals surface area contributed by atoms with Crippen LogP contribution in [0.3, 0.4) is 0 Å². The Morgan fingerprint density at radius 3 is 2.56 bits per heavy atom. The van der Waals surface area contributed by atoms with E-state index in [0.717, 1.165) is 33.0 Å². The number of benzene rings is 3. The number of hydrogen-bond acceptors (Lipinski definition) is 7. The first-order valence-corrected chi connectivity index (χ1v) is 14.3. The van der Waals surface area contributed by atoms with E-state index < -0.39 is 12.1 Å². The summed E-state index contributed by atoms with van der Waals surface area (Å²) in [5.74, 6) is 1.10. The first-order chi connectivity index (χ1) is 19.8. The Labute approximate surface area is 242 Å². The summed E-state index contributed by atoms with van der Waals surface area (Å²) >= 11 is 1.56. The van der Waals surface area contributed by atoms with E-state index in [9.17, 15) is 9.59 Å². The highest BCUT2D eigenvalue weighted by molar-refractivity contribution is 7.08. The number of thiophene rings is 1. The second-order valence-corrected chi connectivity index (χ2v) is 10.7. The third kappa shape index (κ3) is 6.41. The van der Waals surface area contributed by atoms with Crippen molar-refractivity contribution in [2.24, 2.45) is 5.92 Å². The molecule has 0 spiro atoms. The van der Waals surface area contributed by atoms with E-state index in [-0.39, 0.29) is 25.0 Å². The summed E-state index contributed by atoms with van der Waals surface area (Å²) in [6.45, 7) is 6.50. The first-order valence-electron chi connectivity index (χ1n) is 13.4. The molecule has 5 aromatic rings. The van der Waals surface area contributed by atoms with Crippen LogP contribution in [-0.2, 0) is 16.0 Å². The first kappa shape index (κ1) is 27.9. The number of esters is 1. The predicted molar refractivity (Wildman–Crippen MR) is 161 cm³/mol. The zero-order valence-electron chi connectivity index (χ0n) is 23.1. The lowest BCUT2D eigenvalue weighted by Gasteiger charge is -2.15. The van der Waals surface area contributed by atoms with E-state index in [1.54, 1.807) is 36.5 Å². The highest BCUT2D eigenvalue weighted by atomic mass is 32.1. The molecule has 2 N–H and O–H groups in total. The number of fused-ring (bicyclic) bond motifs is 2. The molecular formula is C32H31N3O5S. The van der Waals surface area contributed by atoms with Crippen molar-refractivity contribution in [1.29, 1.82) is 5.41 Å². The van der Waals surface area contributed by atoms with Gasteiger partial charge >= 0.3 is 12.1 Å². The maximum Gasteiger partial charge on any atom is 0.412 e. The number of rotatable bonds is 9. The molecule has 0 atom stereocenters. The highest BCUT2D eigenvalue weighted by Crippen LogP contribution is 2.32. The zero-order chi connectivity index (χ0) is 28.9. The minimum atomic E-state index is -0.680. The molecule has 41 heavy (non-hydrogen) atoms. The number of hydrogen-bond donors (Lipinski definition) is 2. The Kier molecular flexibility index (Phi) is 8.35. The number of alkyl carbamates (subject to hydrolysis) is 1. The molecule has 0 fully saturated rings. The van der Waals surface area contributed by atoms with Gasteiger partial charge in [-0.1, -0.05) is 50.2 Å². The average molecular weight is 570 g/mol. The van der Waals surface area contributed by atoms with Crippen LogP contribution in [0.15, 0.2) is 77.5 Å². The summed E-state index contributed by atoms with van der Waals surface area (Å²) < 4.78 is 18.6. The second-order valence-electron chi connectivity index (χ2n) is 9.97. The van der Waals surface area contributed by atoms with Crippen molar-refractivity contribution in [1.82, 2.24) is 9.88 Å². The fourth-order valence-electron chi connectivity index (χ4n) is 4.57. The number of carbonyl (C=O) groups is 2. The van der Waals surface area contributed by atoms with Gasteiger partial charge in [-0.2, -0.15) is 0 Å². The summed E-state index contributed by atoms with van der Waals surface area (Å²) in [7, 11) is 0. The molecule has 0 unspecified atom stereocenters. The summed E-state index contributed by atoms with van der Waals surface area (Å²) in [5.41, 5.74) is 2.55. The van der Waals surface area contributed by atoms with E-state index in [1.165, 1.54) is 0 Å². The minimum Gasteiger partial charge on any atom is -0.461 e. The van der Waals surface area contributed by atoms with E-state index in [2.05, 4.69) is 5.32 Å². The Hall–Kier alpha value is -4.63. The smallest absolute Gasteiger partial charge is 0.412 e. The van der Waals surface area contributed by atoms with Gasteiger partial charge in [-0.15, -0.1) is 11.3 Å². The van der Waals surface area contributed by atoms with Crippen molar-refractivity contribution in [3.63, 3.8) is 0 Å². The molecule has 2 aromatic heterocycles. The maximum absolute atomic E-state index is 13.1. The van der Waals surface area contributed by atoms with Crippen molar-refractivity contribution in [2.75, 3.05) is 13.2 Å². The van der Waals surface area contributed by atoms with Crippen LogP contribution in [0.25, 0.3) is 21.7 Å². The van der Waals surface area contributed by atoms with E-state index >= 15 is 0 Å². The Morgan fingerprint density at radius 1 is 0.976 bits per heavy atom. The Morgan fingerprint density at radius 2 is 1.80 bits per heavy atom. The van der Waals surface area contributed by atoms with Crippen LogP contribution in [0.1, 0.15) is 42.4 Å². The summed E-state index contributed by atoms with van der Waals surface area (Å²) in [6, 6.07) is 21.1. The van der Waals surface area contributed by atoms with Crippen molar-refractivity contribution in [3.8, 4) is 11.5 Å². The molecule has 3 aromatic carbocycles. The molecule has 0 aliphatic heterocycles. The van der Waals surface area contributed by atoms with Crippen LogP contribution in [0.5, 0.6) is 11.5 Å². The van der Waals surface area contributed by atoms with E-state index in [1.807, 2.05) is 77.7 Å². The third-order valence-corrected chi connectivity index (χ3v) is 7.09. The molecule has 0 saturated carbocycles. The molecule has 0 aliphatic rings. The molecule has 8 nitrogen and oxygen atoms in total. The van der Waals surface area contributed by atoms with Crippen molar-refractivity contribution in [2.45, 2.75) is 27.3 Å². The van der Waals surface area contributed by atoms with Gasteiger partial charge in [-0.3, -0.25) is 10.7 Å². The molecular weight excluding hydrogens is 538 g/mol. The van der Waals surface area contributed by atoms with Crippen LogP contribution >= 0.6 is 11.3 Å². The standard InChI is InChI=1S/C32H31N3O5S/c1-4-38-31(36)29-15-22-9-10-23(30(33)34-32(37)39-18-20(2)3)16-28(22)35(29)17-24-14-26(40-25-11-12-41-19-25)13-21-7-5-6-8-27(21)24/h5-16,19-20H,4,17-18H2,1-3H3,(H2,33,34,37). The Balaban J connectivity index is 1.56. The van der Waals surface area contributed by atoms with E-state index in [4.69, 9.17) is 19.6 Å². The number of ether oxygens (including phenoxy) is 3. The predicted octanol–water partition coefficient (Wildman–Crippen LogP) is 7.58. The van der Waals surface area contributed by atoms with Gasteiger partial charge in [0.2, 0.25) is 0 Å². The second kappa shape index (κ2) is 12.3. The number of amides is 1. The van der Waals surface area contributed by atoms with Gasteiger partial charge < -0.3 is 18.8 Å². The minimum absolute atomic E-state index is 0.0947. The van der Waals surface area contributed by atoms with Crippen LogP contribution in [-0.4, -0.2) is 35.7 Å². The molecule has 0 bridgehead atoms. The van der Waals surface area contributed by atoms with Crippen molar-refractivity contribution in [3.05, 3.63) is 94.3 Å². The molecule has 210 valence electrons. The zero-order valence-corrected chi connectivity index (χ0v) is 23.9. The normalized spacial score (nSPS) is 11.1. The van der Waals surface area contributed by atoms with Gasteiger partial charge in [0.25, 0.3) is 0 Å². The van der Waals surface area contributed by atoms with E-state index in [0.29, 0.717) is 23.6 Å². The molecule has 1 amide bonds. The molecule has 2 heterocycles. The topological polar surface area (TPSA) is 103 Å². The number of carbonyl (C=O) groups excluding carboxylic acids is 2. The van der Waals surface area contributed by atoms with Crippen molar-refractivity contribution < 1.29 is 23.8 Å². The Bertz CT molecular complexity index is 1720. The van der Waals surface area contributed by atoms with Crippen molar-refractivity contribution >= 4 is 50.9 Å². The summed E-state index contributed by atoms with van der Waals surface area (Å²) in [4.78, 5) is 25.3. The molecule has 0 aliphatic carbocycles. The van der Waals surface area contributed by atoms with Crippen LogP contribution in [0.4, 0.5) is 4.79 Å². The summed E-state index contributed by atoms with van der Waals surface area (Å²) in [6.07, 6.45) is -0.680. The maximum atomic E-state index is 13.1. The van der Waals surface area contributed by atoms with Gasteiger partial charge in [0.15, 0.2) is 0 Å². The SMILES string of the molecule is CCOC(=O)c1cc2ccc(C(=N)NC(=O)OCC(C)C)cc2n1Cc1cc(Oc2ccsc2)cc2ccccc12. The fourth-order valence-corrected chi connectivity index (χ4v) is 5.13. The highest BCUT2D eigenvalue weighted by Gasteiger charge is 2.20. The van der Waals surface area contributed by atoms with Crippen LogP contribution in [0, 0.1) is 11.3 Å². The van der Waals surface area contributed by atoms with Gasteiger partial charge in [-0.25, -0.2) is 9.59 Å². The van der Waals surface area contributed by atoms with Crippen LogP contribution < -0.4 is 10.1 Å². The lowest BCUT2D eigenvalue weighted by molar-refractivity contribution is 0.0515. The quantitative estimate of drug-likeness (QED) is 0.108. The fraction of sp³-hybridized carbons (Fsp3) is 0.219. The van der Waals surface area contributed by atoms with Gasteiger partial charge in [0, 0.05) is 28.4 Å². The number of amidine groups is 1. The average Bonchev–Trinajstić information content (AvgIpc) is 3.59. The van der Waals surface area contributed by atoms with Gasteiger partial charge in [0.1, 0.15) is 23.0 Å². The molecule has 5 rings (SSSR count). The molecule has 0 radical (unpaired) electrons. The number of nitrogens with one attached hydrogen (secondary N) is 2. The van der Waals surface area contributed by atoms with Crippen LogP contribution in [0.2, 0.25) is 0 Å². The number of nitrogens with zero attached hydrogens (tertiary/aromatic N) is 1. The lowest BCUT2D eigenvalue weighted by atomic mass is 10.0. The summed E-state index contributed by atoms with van der Waals surface area (Å²) in [5, 5.41) is 17.7. The van der Waals surface area contributed by atoms with Gasteiger partial charge in [-0.05, 0) is 64.9 Å².